The molecular weight excluding hydrogens is 402 g/mol. The van der Waals surface area contributed by atoms with E-state index in [2.05, 4.69) is 5.16 Å². The van der Waals surface area contributed by atoms with E-state index in [0.717, 1.165) is 11.1 Å². The molecule has 144 valence electrons. The molecule has 27 heavy (non-hydrogen) atoms. The minimum absolute atomic E-state index is 0.0795. The summed E-state index contributed by atoms with van der Waals surface area (Å²) in [4.78, 5) is 4.99. The van der Waals surface area contributed by atoms with E-state index in [9.17, 15) is 13.2 Å². The van der Waals surface area contributed by atoms with E-state index in [1.807, 2.05) is 0 Å². The molecule has 0 saturated heterocycles. The number of rotatable bonds is 4. The number of alkyl halides is 3. The van der Waals surface area contributed by atoms with Crippen LogP contribution in [-0.2, 0) is 23.5 Å². The van der Waals surface area contributed by atoms with Crippen LogP contribution in [0.5, 0.6) is 0 Å². The molecule has 2 aromatic carbocycles. The van der Waals surface area contributed by atoms with Gasteiger partial charge in [0.05, 0.1) is 5.71 Å². The summed E-state index contributed by atoms with van der Waals surface area (Å²) in [6.07, 6.45) is -5.25. The monoisotopic (exact) mass is 417 g/mol. The van der Waals surface area contributed by atoms with Crippen molar-refractivity contribution < 1.29 is 18.0 Å². The molecule has 0 radical (unpaired) electrons. The fourth-order valence-electron chi connectivity index (χ4n) is 3.04. The van der Waals surface area contributed by atoms with Crippen molar-refractivity contribution in [2.75, 3.05) is 0 Å². The smallest absolute Gasteiger partial charge is 0.374 e. The van der Waals surface area contributed by atoms with E-state index >= 15 is 0 Å². The summed E-state index contributed by atoms with van der Waals surface area (Å²) in [6.45, 7) is 0.492. The van der Waals surface area contributed by atoms with Gasteiger partial charge in [-0.25, -0.2) is 0 Å². The average Bonchev–Trinajstić information content (AvgIpc) is 3.07. The lowest BCUT2D eigenvalue weighted by Gasteiger charge is -2.29. The van der Waals surface area contributed by atoms with Gasteiger partial charge in [-0.2, -0.15) is 13.2 Å². The molecule has 1 unspecified atom stereocenters. The molecule has 0 aromatic heterocycles. The second kappa shape index (κ2) is 7.31. The first-order valence-electron chi connectivity index (χ1n) is 8.01. The summed E-state index contributed by atoms with van der Waals surface area (Å²) < 4.78 is 42.0. The highest BCUT2D eigenvalue weighted by Gasteiger charge is 2.62. The van der Waals surface area contributed by atoms with E-state index in [1.54, 1.807) is 18.2 Å². The molecule has 0 saturated carbocycles. The largest absolute Gasteiger partial charge is 0.435 e. The van der Waals surface area contributed by atoms with E-state index < -0.39 is 18.2 Å². The molecular formula is C18H16Cl2F3N3O. The lowest BCUT2D eigenvalue weighted by Crippen LogP contribution is -2.42. The van der Waals surface area contributed by atoms with Crippen LogP contribution in [0.3, 0.4) is 0 Å². The van der Waals surface area contributed by atoms with Gasteiger partial charge in [0.15, 0.2) is 0 Å². The molecule has 0 amide bonds. The van der Waals surface area contributed by atoms with E-state index in [1.165, 1.54) is 18.2 Å². The maximum atomic E-state index is 14.0. The number of hydrogen-bond donors (Lipinski definition) is 2. The molecule has 0 aliphatic carbocycles. The Morgan fingerprint density at radius 1 is 1.00 bits per heavy atom. The van der Waals surface area contributed by atoms with Crippen molar-refractivity contribution in [2.45, 2.75) is 31.3 Å². The van der Waals surface area contributed by atoms with Crippen LogP contribution in [-0.4, -0.2) is 11.9 Å². The Hall–Kier alpha value is -1.80. The topological polar surface area (TPSA) is 73.6 Å². The van der Waals surface area contributed by atoms with Crippen LogP contribution in [0.4, 0.5) is 13.2 Å². The number of nitrogens with zero attached hydrogens (tertiary/aromatic N) is 1. The summed E-state index contributed by atoms with van der Waals surface area (Å²) >= 11 is 11.8. The highest BCUT2D eigenvalue weighted by atomic mass is 35.5. The summed E-state index contributed by atoms with van der Waals surface area (Å²) in [6, 6.07) is 8.78. The highest BCUT2D eigenvalue weighted by molar-refractivity contribution is 6.34. The van der Waals surface area contributed by atoms with E-state index in [4.69, 9.17) is 39.5 Å². The number of halogens is 5. The van der Waals surface area contributed by atoms with Crippen molar-refractivity contribution in [2.24, 2.45) is 16.6 Å². The molecule has 9 heteroatoms. The van der Waals surface area contributed by atoms with Crippen molar-refractivity contribution in [1.29, 1.82) is 0 Å². The first kappa shape index (κ1) is 19.9. The Labute approximate surface area is 163 Å². The molecule has 0 spiro atoms. The number of benzene rings is 2. The molecule has 3 rings (SSSR count). The molecule has 1 aliphatic rings. The average molecular weight is 418 g/mol. The van der Waals surface area contributed by atoms with Crippen molar-refractivity contribution in [1.82, 2.24) is 0 Å². The van der Waals surface area contributed by atoms with Crippen LogP contribution in [0.25, 0.3) is 0 Å². The minimum Gasteiger partial charge on any atom is -0.374 e. The fraction of sp³-hybridized carbons (Fsp3) is 0.278. The molecule has 1 aliphatic heterocycles. The van der Waals surface area contributed by atoms with Gasteiger partial charge in [-0.3, -0.25) is 0 Å². The van der Waals surface area contributed by atoms with Gasteiger partial charge in [-0.05, 0) is 41.0 Å². The molecule has 0 bridgehead atoms. The van der Waals surface area contributed by atoms with Crippen molar-refractivity contribution in [3.8, 4) is 0 Å². The summed E-state index contributed by atoms with van der Waals surface area (Å²) in [5.74, 6) is 0. The van der Waals surface area contributed by atoms with Gasteiger partial charge in [0.2, 0.25) is 0 Å². The normalized spacial score (nSPS) is 19.7. The fourth-order valence-corrected chi connectivity index (χ4v) is 3.57. The van der Waals surface area contributed by atoms with Gasteiger partial charge in [-0.15, -0.1) is 0 Å². The Kier molecular flexibility index (Phi) is 5.40. The maximum absolute atomic E-state index is 14.0. The lowest BCUT2D eigenvalue weighted by atomic mass is 9.86. The van der Waals surface area contributed by atoms with Gasteiger partial charge in [-0.1, -0.05) is 40.5 Å². The minimum atomic E-state index is -4.74. The zero-order valence-electron chi connectivity index (χ0n) is 14.0. The summed E-state index contributed by atoms with van der Waals surface area (Å²) in [7, 11) is 0. The molecule has 4 N–H and O–H groups in total. The Morgan fingerprint density at radius 2 is 1.63 bits per heavy atom. The van der Waals surface area contributed by atoms with Crippen LogP contribution in [0.15, 0.2) is 41.6 Å². The summed E-state index contributed by atoms with van der Waals surface area (Å²) in [5, 5.41) is 3.89. The Balaban J connectivity index is 2.02. The predicted molar refractivity (Wildman–Crippen MR) is 98.7 cm³/mol. The highest BCUT2D eigenvalue weighted by Crippen LogP contribution is 2.49. The zero-order valence-corrected chi connectivity index (χ0v) is 15.5. The zero-order chi connectivity index (χ0) is 19.8. The first-order chi connectivity index (χ1) is 12.7. The second-order valence-electron chi connectivity index (χ2n) is 6.18. The summed E-state index contributed by atoms with van der Waals surface area (Å²) in [5.41, 5.74) is 10.7. The Bertz CT molecular complexity index is 882. The second-order valence-corrected chi connectivity index (χ2v) is 7.05. The predicted octanol–water partition coefficient (Wildman–Crippen LogP) is 4.49. The van der Waals surface area contributed by atoms with Crippen LogP contribution in [0, 0.1) is 0 Å². The van der Waals surface area contributed by atoms with Gasteiger partial charge in [0.25, 0.3) is 5.60 Å². The van der Waals surface area contributed by atoms with Gasteiger partial charge in [0.1, 0.15) is 0 Å². The van der Waals surface area contributed by atoms with Gasteiger partial charge >= 0.3 is 6.18 Å². The number of hydrogen-bond acceptors (Lipinski definition) is 4. The lowest BCUT2D eigenvalue weighted by molar-refractivity contribution is -0.275. The maximum Gasteiger partial charge on any atom is 0.435 e. The molecule has 1 atom stereocenters. The SMILES string of the molecule is NCc1ccc(C2=NOC(c3cc(Cl)cc(Cl)c3)(C(F)(F)F)C2)cc1CN. The van der Waals surface area contributed by atoms with E-state index in [-0.39, 0.29) is 34.4 Å². The third kappa shape index (κ3) is 3.65. The Morgan fingerprint density at radius 3 is 2.19 bits per heavy atom. The van der Waals surface area contributed by atoms with Gasteiger partial charge < -0.3 is 16.3 Å². The third-order valence-electron chi connectivity index (χ3n) is 4.49. The quantitative estimate of drug-likeness (QED) is 0.769. The van der Waals surface area contributed by atoms with Crippen LogP contribution in [0.1, 0.15) is 28.7 Å². The number of oxime groups is 1. The number of nitrogens with two attached hydrogens (primary N) is 2. The van der Waals surface area contributed by atoms with Crippen LogP contribution in [0.2, 0.25) is 10.0 Å². The standard InChI is InChI=1S/C18H16Cl2F3N3O/c19-14-4-13(5-15(20)6-14)17(18(21,22)23)7-16(26-27-17)10-1-2-11(8-24)12(3-10)9-25/h1-6H,7-9,24-25H2. The van der Waals surface area contributed by atoms with E-state index in [0.29, 0.717) is 5.56 Å². The first-order valence-corrected chi connectivity index (χ1v) is 8.76. The van der Waals surface area contributed by atoms with Crippen LogP contribution < -0.4 is 11.5 Å². The van der Waals surface area contributed by atoms with Crippen molar-refractivity contribution in [3.05, 3.63) is 68.7 Å². The van der Waals surface area contributed by atoms with Crippen molar-refractivity contribution >= 4 is 28.9 Å². The van der Waals surface area contributed by atoms with Crippen LogP contribution >= 0.6 is 23.2 Å². The van der Waals surface area contributed by atoms with Gasteiger partial charge in [0, 0.05) is 35.1 Å². The molecule has 4 nitrogen and oxygen atoms in total. The molecule has 1 heterocycles. The van der Waals surface area contributed by atoms with Crippen molar-refractivity contribution in [3.63, 3.8) is 0 Å². The third-order valence-corrected chi connectivity index (χ3v) is 4.93. The molecule has 2 aromatic rings. The molecule has 0 fully saturated rings.